The summed E-state index contributed by atoms with van der Waals surface area (Å²) in [6, 6.07) is 17.7. The Bertz CT molecular complexity index is 3640. The molecule has 0 radical (unpaired) electrons. The van der Waals surface area contributed by atoms with E-state index in [1.165, 1.54) is 17.8 Å². The van der Waals surface area contributed by atoms with Crippen LogP contribution in [0.2, 0.25) is 0 Å². The summed E-state index contributed by atoms with van der Waals surface area (Å²) in [6.07, 6.45) is 18.3. The number of hydrogen-bond acceptors (Lipinski definition) is 17. The van der Waals surface area contributed by atoms with Gasteiger partial charge in [0.15, 0.2) is 22.5 Å². The molecule has 4 N–H and O–H groups in total. The maximum absolute atomic E-state index is 13.4. The van der Waals surface area contributed by atoms with Gasteiger partial charge < -0.3 is 35.2 Å². The first-order valence-electron chi connectivity index (χ1n) is 32.3. The van der Waals surface area contributed by atoms with Gasteiger partial charge in [0.05, 0.1) is 39.7 Å². The van der Waals surface area contributed by atoms with Gasteiger partial charge in [0.1, 0.15) is 11.9 Å². The number of carbonyl (C=O) groups is 6. The molecule has 3 atom stereocenters. The Labute approximate surface area is 531 Å². The van der Waals surface area contributed by atoms with E-state index in [9.17, 15) is 33.9 Å². The highest BCUT2D eigenvalue weighted by molar-refractivity contribution is 7.22. The zero-order valence-corrected chi connectivity index (χ0v) is 54.1. The molecule has 478 valence electrons. The van der Waals surface area contributed by atoms with Crippen molar-refractivity contribution in [2.45, 2.75) is 168 Å². The minimum Gasteiger partial charge on any atom is -0.476 e. The van der Waals surface area contributed by atoms with E-state index in [2.05, 4.69) is 58.6 Å². The number of carboxylic acid groups (broad SMARTS) is 1. The molecule has 3 unspecified atom stereocenters. The molecule has 21 nitrogen and oxygen atoms in total. The van der Waals surface area contributed by atoms with Crippen LogP contribution in [0.25, 0.3) is 21.3 Å². The number of anilines is 5. The molecule has 1 saturated heterocycles. The van der Waals surface area contributed by atoms with E-state index in [1.54, 1.807) is 29.3 Å². The number of hydrogen-bond donors (Lipinski definition) is 4. The first kappa shape index (κ1) is 63.9. The standard InChI is InChI=1S/C68H87N13O8S/c1-44-35-54(75-76-59(44)74-64-71-49-22-15-16-24-52(49)90-64)79(53-28-26-46(58(72-53)63(87)88)48-36-70-80(45(48)2)43-67-38-65(3)37-66(4,39-67)41-68(40-65,42-67)89-34-33-77(5)6)32-19-18-31-78(7)56(83)25-14-12-10-8-9-11-13-17-30-69-50-23-20-21-47-57(50)62(86)81(61(47)85)51-27-29-55(82)73-60(51)84/h15-16,20-24,26,28,35-36,51,69H,8-14,17-19,25,27,29-34,37-43H2,1-7H3,(H,87,88)(H,71,74,76)(H,73,82,84). The topological polar surface area (TPSA) is 250 Å². The van der Waals surface area contributed by atoms with E-state index in [-0.39, 0.29) is 57.4 Å². The lowest BCUT2D eigenvalue weighted by Gasteiger charge is -2.69. The first-order valence-corrected chi connectivity index (χ1v) is 33.1. The average molecular weight is 1250 g/mol. The number of aromatic nitrogens is 6. The Morgan fingerprint density at radius 3 is 2.22 bits per heavy atom. The number of ether oxygens (including phenoxy) is 1. The second kappa shape index (κ2) is 26.6. The van der Waals surface area contributed by atoms with Crippen LogP contribution in [0.4, 0.5) is 28.3 Å². The summed E-state index contributed by atoms with van der Waals surface area (Å²) in [5.74, 6) is -1.62. The van der Waals surface area contributed by atoms with E-state index in [0.29, 0.717) is 79.3 Å². The molecule has 2 aliphatic heterocycles. The zero-order valence-electron chi connectivity index (χ0n) is 53.3. The van der Waals surface area contributed by atoms with Crippen molar-refractivity contribution in [3.8, 4) is 11.1 Å². The Balaban J connectivity index is 0.675. The number of rotatable bonds is 30. The van der Waals surface area contributed by atoms with Gasteiger partial charge in [0, 0.05) is 75.1 Å². The predicted octanol–water partition coefficient (Wildman–Crippen LogP) is 11.5. The number of nitrogens with one attached hydrogen (secondary N) is 3. The summed E-state index contributed by atoms with van der Waals surface area (Å²) in [5.41, 5.74) is 5.10. The van der Waals surface area contributed by atoms with Crippen LogP contribution in [-0.4, -0.2) is 151 Å². The molecule has 6 heterocycles. The Morgan fingerprint density at radius 2 is 1.50 bits per heavy atom. The zero-order chi connectivity index (χ0) is 63.5. The lowest BCUT2D eigenvalue weighted by Crippen LogP contribution is -2.64. The van der Waals surface area contributed by atoms with E-state index in [4.69, 9.17) is 24.9 Å². The van der Waals surface area contributed by atoms with Gasteiger partial charge in [-0.2, -0.15) is 5.10 Å². The molecule has 4 aromatic heterocycles. The molecule has 6 aromatic rings. The van der Waals surface area contributed by atoms with Crippen LogP contribution in [0, 0.1) is 30.1 Å². The quantitative estimate of drug-likeness (QED) is 0.0242. The fraction of sp³-hybridized carbons (Fsp3) is 0.544. The summed E-state index contributed by atoms with van der Waals surface area (Å²) < 4.78 is 10.1. The van der Waals surface area contributed by atoms with Crippen molar-refractivity contribution < 1.29 is 38.6 Å². The number of amides is 5. The first-order chi connectivity index (χ1) is 43.1. The third kappa shape index (κ3) is 13.9. The number of fused-ring (bicyclic) bond motifs is 2. The fourth-order valence-corrected chi connectivity index (χ4v) is 17.0. The van der Waals surface area contributed by atoms with Gasteiger partial charge in [-0.25, -0.2) is 14.8 Å². The number of para-hydroxylation sites is 1. The summed E-state index contributed by atoms with van der Waals surface area (Å²) >= 11 is 1.53. The Hall–Kier alpha value is -7.69. The molecule has 12 rings (SSSR count). The summed E-state index contributed by atoms with van der Waals surface area (Å²) in [6.45, 7) is 12.9. The van der Waals surface area contributed by atoms with Gasteiger partial charge in [-0.15, -0.1) is 10.2 Å². The van der Waals surface area contributed by atoms with Crippen molar-refractivity contribution in [1.82, 2.24) is 50.0 Å². The van der Waals surface area contributed by atoms with Gasteiger partial charge in [0.25, 0.3) is 11.8 Å². The van der Waals surface area contributed by atoms with Crippen LogP contribution in [0.1, 0.15) is 178 Å². The van der Waals surface area contributed by atoms with Gasteiger partial charge in [-0.05, 0) is 163 Å². The molecule has 4 saturated carbocycles. The molecule has 22 heteroatoms. The summed E-state index contributed by atoms with van der Waals surface area (Å²) in [5, 5.41) is 34.9. The molecule has 5 amide bonds. The van der Waals surface area contributed by atoms with Crippen molar-refractivity contribution in [3.05, 3.63) is 94.9 Å². The van der Waals surface area contributed by atoms with Crippen molar-refractivity contribution in [3.63, 3.8) is 0 Å². The lowest BCUT2D eigenvalue weighted by molar-refractivity contribution is -0.248. The summed E-state index contributed by atoms with van der Waals surface area (Å²) in [7, 11) is 6.04. The van der Waals surface area contributed by atoms with Crippen molar-refractivity contribution >= 4 is 85.3 Å². The highest BCUT2D eigenvalue weighted by Gasteiger charge is 2.66. The molecule has 4 aliphatic carbocycles. The van der Waals surface area contributed by atoms with Crippen LogP contribution in [-0.2, 0) is 25.7 Å². The van der Waals surface area contributed by atoms with Crippen LogP contribution in [0.3, 0.4) is 0 Å². The van der Waals surface area contributed by atoms with Gasteiger partial charge in [0.2, 0.25) is 17.7 Å². The van der Waals surface area contributed by atoms with Crippen LogP contribution < -0.4 is 20.9 Å². The van der Waals surface area contributed by atoms with Crippen LogP contribution in [0.15, 0.2) is 66.9 Å². The number of carboxylic acids is 1. The van der Waals surface area contributed by atoms with Crippen molar-refractivity contribution in [1.29, 1.82) is 0 Å². The second-order valence-corrected chi connectivity index (χ2v) is 28.4. The van der Waals surface area contributed by atoms with E-state index < -0.39 is 35.6 Å². The average Bonchev–Trinajstić information content (AvgIpc) is 0.715. The highest BCUT2D eigenvalue weighted by Crippen LogP contribution is 2.72. The maximum atomic E-state index is 13.4. The SMILES string of the molecule is Cc1cc(N(CCCCN(C)C(=O)CCCCCCCCCCNc2cccc3c2C(=O)N(C2CCC(=O)NC2=O)C3=O)c2ccc(-c3cnn(CC45CC6(C)CC(C)(C4)CC(OCCN(C)C)(C6)C5)c3C)c(C(=O)O)n2)nnc1Nc1nc2ccccc2s1. The normalized spacial score (nSPS) is 22.6. The third-order valence-corrected chi connectivity index (χ3v) is 20.2. The van der Waals surface area contributed by atoms with E-state index >= 15 is 0 Å². The van der Waals surface area contributed by atoms with Gasteiger partial charge in [-0.3, -0.25) is 38.9 Å². The molecule has 5 fully saturated rings. The highest BCUT2D eigenvalue weighted by atomic mass is 32.1. The smallest absolute Gasteiger partial charge is 0.355 e. The number of thiazole rings is 1. The molecule has 2 aromatic carbocycles. The number of aryl methyl sites for hydroxylation is 1. The molecule has 90 heavy (non-hydrogen) atoms. The third-order valence-electron chi connectivity index (χ3n) is 19.3. The molecular weight excluding hydrogens is 1160 g/mol. The molecule has 4 bridgehead atoms. The number of aromatic carboxylic acids is 1. The van der Waals surface area contributed by atoms with Crippen LogP contribution in [0.5, 0.6) is 0 Å². The number of likely N-dealkylation sites (N-methyl/N-ethyl adjacent to an activating group) is 1. The second-order valence-electron chi connectivity index (χ2n) is 27.4. The monoisotopic (exact) mass is 1250 g/mol. The van der Waals surface area contributed by atoms with Gasteiger partial charge in [-0.1, -0.05) is 81.9 Å². The van der Waals surface area contributed by atoms with E-state index in [1.807, 2.05) is 68.3 Å². The van der Waals surface area contributed by atoms with E-state index in [0.717, 1.165) is 128 Å². The number of imide groups is 2. The summed E-state index contributed by atoms with van der Waals surface area (Å²) in [4.78, 5) is 94.1. The molecule has 0 spiro atoms. The van der Waals surface area contributed by atoms with Crippen molar-refractivity contribution in [2.24, 2.45) is 16.2 Å². The maximum Gasteiger partial charge on any atom is 0.355 e. The fourth-order valence-electron chi connectivity index (χ4n) is 16.1. The minimum atomic E-state index is -1.14. The number of nitrogens with zero attached hydrogens (tertiary/aromatic N) is 10. The Kier molecular flexibility index (Phi) is 18.9. The molecule has 6 aliphatic rings. The van der Waals surface area contributed by atoms with Crippen molar-refractivity contribution in [2.75, 3.05) is 69.5 Å². The lowest BCUT2D eigenvalue weighted by atomic mass is 9.39. The predicted molar refractivity (Wildman–Crippen MR) is 347 cm³/mol. The van der Waals surface area contributed by atoms with Crippen LogP contribution >= 0.6 is 11.3 Å². The number of benzene rings is 2. The number of carbonyl (C=O) groups excluding carboxylic acids is 5. The Morgan fingerprint density at radius 1 is 0.767 bits per heavy atom. The number of pyridine rings is 1. The minimum absolute atomic E-state index is 0.00832. The molecular formula is C68H87N13O8S. The number of piperidine rings is 1. The largest absolute Gasteiger partial charge is 0.476 e. The van der Waals surface area contributed by atoms with Gasteiger partial charge >= 0.3 is 5.97 Å². The number of unbranched alkanes of at least 4 members (excludes halogenated alkanes) is 8.